The van der Waals surface area contributed by atoms with E-state index in [1.165, 1.54) is 60.2 Å². The second-order valence-electron chi connectivity index (χ2n) is 24.4. The minimum atomic E-state index is -3.22. The number of carbonyl (C=O) groups is 2. The Labute approximate surface area is 726 Å². The lowest BCUT2D eigenvalue weighted by Gasteiger charge is -2.11. The Kier molecular flexibility index (Phi) is 40.2. The van der Waals surface area contributed by atoms with Gasteiger partial charge < -0.3 is 34.8 Å². The van der Waals surface area contributed by atoms with Crippen LogP contribution in [0.1, 0.15) is 48.5 Å². The molecule has 606 valence electrons. The van der Waals surface area contributed by atoms with E-state index in [1.807, 2.05) is 97.2 Å². The second-order valence-corrected chi connectivity index (χ2v) is 34.1. The van der Waals surface area contributed by atoms with Gasteiger partial charge in [-0.25, -0.2) is 30.6 Å². The number of aryl methyl sites for hydroxylation is 5. The molecule has 33 heteroatoms. The minimum absolute atomic E-state index is 0.113. The van der Waals surface area contributed by atoms with E-state index in [2.05, 4.69) is 220 Å². The maximum absolute atomic E-state index is 12.3. The third kappa shape index (κ3) is 33.0. The molecule has 0 aliphatic heterocycles. The van der Waals surface area contributed by atoms with Gasteiger partial charge in [-0.05, 0) is 233 Å². The molecule has 0 aliphatic rings. The molecule has 0 fully saturated rings. The van der Waals surface area contributed by atoms with Gasteiger partial charge in [-0.3, -0.25) is 36.3 Å². The SMILES string of the molecule is COc1cc(Cl)ccc1-c1nnc2ccc(-c3ccc(C)cc3)cn12.COc1cc(Cl)ccc1C(=O)NNc1ccc(-c2ccc(C)cc2)cn1.COc1cc(Cl)ccc1C(=O)O.Cc1ccc(-c2ccc(Cl)nc2)cc1.Cc1ccc(-c2ccc(NN)nc2)cc1.Cc1ccc(B(O)O)cc1.Clc1ccc(Br)cn1.NN.O=P(Cl)(Cl)Cl. The highest BCUT2D eigenvalue weighted by atomic mass is 79.9. The van der Waals surface area contributed by atoms with Crippen molar-refractivity contribution >= 4 is 155 Å². The molecule has 0 unspecified atom stereocenters. The van der Waals surface area contributed by atoms with Gasteiger partial charge in [-0.1, -0.05) is 207 Å². The van der Waals surface area contributed by atoms with Crippen molar-refractivity contribution in [3.8, 4) is 73.1 Å². The summed E-state index contributed by atoms with van der Waals surface area (Å²) in [5.41, 5.74) is 25.5. The standard InChI is InChI=1S/C20H18ClN3O2.C20H16ClN3O.C12H10ClN.C12H13N3.C8H7ClO3.C7H9BO2.C5H3BrClN.Cl3OP.H4N2/c1-13-3-5-14(6-4-13)15-7-10-19(22-12-15)23-24-20(25)17-9-8-16(21)11-18(17)26-2;1-13-3-5-14(6-4-13)15-7-10-19-22-23-20(24(19)12-15)17-9-8-16(21)11-18(17)25-2;1-9-2-4-10(5-3-9)11-6-7-12(13)14-8-11;1-9-2-4-10(5-3-9)11-6-7-12(15-13)14-8-11;1-12-7-4-5(9)2-3-6(7)8(10)11;1-6-2-4-7(5-3-6)8(9)10;6-4-1-2-5(7)8-3-4;1-5(2,3)4;1-2/h3-12H,1-2H3,(H,22,23)(H,24,25);3-12H,1-2H3;2-8H,1H3;2-8H,13H2,1H3,(H,14,15);2-4H,1H3,(H,10,11);2-5,9-10H,1H3;1-3H;;1-2H2. The van der Waals surface area contributed by atoms with Gasteiger partial charge in [0, 0.05) is 67.2 Å². The summed E-state index contributed by atoms with van der Waals surface area (Å²) in [4.78, 5) is 39.2. The molecule has 0 aliphatic carbocycles. The number of rotatable bonds is 14. The van der Waals surface area contributed by atoms with E-state index in [0.29, 0.717) is 59.5 Å². The van der Waals surface area contributed by atoms with Gasteiger partial charge in [0.1, 0.15) is 44.8 Å². The molecule has 0 saturated heterocycles. The second kappa shape index (κ2) is 49.1. The number of methoxy groups -OCH3 is 3. The largest absolute Gasteiger partial charge is 0.496 e. The number of hydrogen-bond acceptors (Lipinski definition) is 19. The number of benzene rings is 8. The lowest BCUT2D eigenvalue weighted by Crippen LogP contribution is -2.30. The number of nitrogens with zero attached hydrogens (tertiary/aromatic N) is 7. The molecule has 1 amide bonds. The first-order chi connectivity index (χ1) is 55.9. The molecule has 6 aromatic heterocycles. The number of carboxylic acid groups (broad SMARTS) is 1. The number of nitrogen functional groups attached to an aromatic ring is 1. The summed E-state index contributed by atoms with van der Waals surface area (Å²) in [7, 11) is 3.16. The van der Waals surface area contributed by atoms with Crippen molar-refractivity contribution in [1.29, 1.82) is 0 Å². The predicted molar refractivity (Wildman–Crippen MR) is 482 cm³/mol. The minimum Gasteiger partial charge on any atom is -0.496 e. The van der Waals surface area contributed by atoms with Crippen LogP contribution >= 0.6 is 113 Å². The van der Waals surface area contributed by atoms with E-state index in [1.54, 1.807) is 86.5 Å². The number of hydrogen-bond donors (Lipinski definition) is 9. The van der Waals surface area contributed by atoms with E-state index >= 15 is 0 Å². The summed E-state index contributed by atoms with van der Waals surface area (Å²) in [6, 6.07) is 74.1. The topological polar surface area (TPSA) is 335 Å². The number of fused-ring (bicyclic) bond motifs is 1. The highest BCUT2D eigenvalue weighted by Gasteiger charge is 2.17. The highest BCUT2D eigenvalue weighted by Crippen LogP contribution is 2.61. The zero-order chi connectivity index (χ0) is 85.7. The molecular weight excluding hydrogens is 1740 g/mol. The Balaban J connectivity index is 0.000000216. The molecule has 14 rings (SSSR count). The number of carboxylic acids is 1. The number of amides is 1. The number of ether oxygens (including phenoxy) is 3. The smallest absolute Gasteiger partial charge is 0.488 e. The number of nitrogens with one attached hydrogen (secondary N) is 3. The van der Waals surface area contributed by atoms with Gasteiger partial charge in [-0.2, -0.15) is 0 Å². The number of carbonyl (C=O) groups excluding carboxylic acids is 1. The Morgan fingerprint density at radius 3 is 1.21 bits per heavy atom. The van der Waals surface area contributed by atoms with Crippen LogP contribution in [-0.4, -0.2) is 90.0 Å². The number of aromatic nitrogens is 7. The van der Waals surface area contributed by atoms with Crippen LogP contribution in [0, 0.1) is 34.6 Å². The third-order valence-electron chi connectivity index (χ3n) is 15.9. The Morgan fingerprint density at radius 1 is 0.453 bits per heavy atom. The van der Waals surface area contributed by atoms with Crippen molar-refractivity contribution in [3.05, 3.63) is 336 Å². The van der Waals surface area contributed by atoms with Crippen molar-refractivity contribution in [2.75, 3.05) is 32.2 Å². The molecule has 117 heavy (non-hydrogen) atoms. The maximum Gasteiger partial charge on any atom is 0.488 e. The Morgan fingerprint density at radius 2 is 0.821 bits per heavy atom. The lowest BCUT2D eigenvalue weighted by molar-refractivity contribution is 0.0693. The highest BCUT2D eigenvalue weighted by molar-refractivity contribution is 9.10. The fraction of sp³-hybridized carbons (Fsp3) is 0.0952. The Bertz CT molecular complexity index is 5400. The number of aromatic carboxylic acids is 1. The number of halogens is 9. The lowest BCUT2D eigenvalue weighted by atomic mass is 9.80. The molecule has 22 nitrogen and oxygen atoms in total. The fourth-order valence-electron chi connectivity index (χ4n) is 9.89. The normalized spacial score (nSPS) is 10.1. The number of nitrogens with two attached hydrogens (primary N) is 3. The van der Waals surface area contributed by atoms with Crippen molar-refractivity contribution in [2.45, 2.75) is 34.6 Å². The van der Waals surface area contributed by atoms with Gasteiger partial charge in [0.15, 0.2) is 11.5 Å². The first kappa shape index (κ1) is 95.7. The maximum atomic E-state index is 12.3. The quantitative estimate of drug-likeness (QED) is 0.0161. The molecule has 0 spiro atoms. The van der Waals surface area contributed by atoms with Gasteiger partial charge in [0.2, 0.25) is 0 Å². The average Bonchev–Trinajstić information content (AvgIpc) is 1.65. The fourth-order valence-corrected chi connectivity index (χ4v) is 10.8. The number of hydrazine groups is 3. The van der Waals surface area contributed by atoms with E-state index in [9.17, 15) is 14.2 Å². The predicted octanol–water partition coefficient (Wildman–Crippen LogP) is 21.4. The summed E-state index contributed by atoms with van der Waals surface area (Å²) in [5, 5.41) is 34.0. The summed E-state index contributed by atoms with van der Waals surface area (Å²) < 4.78 is 27.9. The molecule has 14 aromatic rings. The van der Waals surface area contributed by atoms with Crippen molar-refractivity contribution in [3.63, 3.8) is 0 Å². The van der Waals surface area contributed by atoms with Crippen LogP contribution in [0.15, 0.2) is 272 Å². The third-order valence-corrected chi connectivity index (χ3v) is 17.5. The van der Waals surface area contributed by atoms with Gasteiger partial charge in [0.05, 0.1) is 32.5 Å². The van der Waals surface area contributed by atoms with Gasteiger partial charge in [0.25, 0.3) is 5.91 Å². The summed E-state index contributed by atoms with van der Waals surface area (Å²) in [6.45, 7) is 10.2. The Hall–Kier alpha value is -10.2. The van der Waals surface area contributed by atoms with Crippen molar-refractivity contribution in [2.24, 2.45) is 17.5 Å². The van der Waals surface area contributed by atoms with Gasteiger partial charge >= 0.3 is 18.3 Å². The van der Waals surface area contributed by atoms with E-state index in [0.717, 1.165) is 66.0 Å². The van der Waals surface area contributed by atoms with Crippen LogP contribution in [0.25, 0.3) is 61.5 Å². The monoisotopic (exact) mass is 1820 g/mol. The van der Waals surface area contributed by atoms with Crippen molar-refractivity contribution in [1.82, 2.24) is 40.0 Å². The molecule has 0 bridgehead atoms. The average molecular weight is 1820 g/mol. The molecule has 12 N–H and O–H groups in total. The van der Waals surface area contributed by atoms with E-state index in [4.69, 9.17) is 93.2 Å². The van der Waals surface area contributed by atoms with Crippen LogP contribution in [0.4, 0.5) is 11.6 Å². The molecule has 0 atom stereocenters. The summed E-state index contributed by atoms with van der Waals surface area (Å²) >= 11 is 45.9. The number of pyridine rings is 5. The summed E-state index contributed by atoms with van der Waals surface area (Å²) in [6.07, 6.45) is 9.04. The molecule has 8 aromatic carbocycles. The van der Waals surface area contributed by atoms with E-state index < -0.39 is 18.3 Å². The first-order valence-electron chi connectivity index (χ1n) is 34.6. The van der Waals surface area contributed by atoms with Crippen molar-refractivity contribution < 1.29 is 43.5 Å². The zero-order valence-electron chi connectivity index (χ0n) is 64.0. The van der Waals surface area contributed by atoms with E-state index in [-0.39, 0.29) is 17.2 Å². The molecular formula is C84H80BBrCl8N13O9P. The molecule has 6 heterocycles. The van der Waals surface area contributed by atoms with Gasteiger partial charge in [-0.15, -0.1) is 10.2 Å². The van der Waals surface area contributed by atoms with Crippen LogP contribution < -0.4 is 53.5 Å². The first-order valence-corrected chi connectivity index (χ1v) is 41.7. The zero-order valence-corrected chi connectivity index (χ0v) is 72.5. The summed E-state index contributed by atoms with van der Waals surface area (Å²) in [5.74, 6) is 15.1. The van der Waals surface area contributed by atoms with Crippen LogP contribution in [0.3, 0.4) is 0 Å². The van der Waals surface area contributed by atoms with Crippen LogP contribution in [0.2, 0.25) is 25.4 Å². The molecule has 0 saturated carbocycles. The van der Waals surface area contributed by atoms with Crippen LogP contribution in [-0.2, 0) is 4.57 Å². The number of anilines is 2. The molecule has 0 radical (unpaired) electrons. The van der Waals surface area contributed by atoms with Crippen LogP contribution in [0.5, 0.6) is 17.2 Å².